The van der Waals surface area contributed by atoms with E-state index in [4.69, 9.17) is 4.74 Å². The molecule has 0 spiro atoms. The van der Waals surface area contributed by atoms with Crippen molar-refractivity contribution >= 4 is 11.8 Å². The minimum absolute atomic E-state index is 0.633. The molecular formula is C10H22N2OS. The molecule has 4 heteroatoms. The maximum Gasteiger partial charge on any atom is 0.0600 e. The van der Waals surface area contributed by atoms with Gasteiger partial charge in [0.25, 0.3) is 0 Å². The molecule has 2 unspecified atom stereocenters. The molecule has 0 aliphatic carbocycles. The van der Waals surface area contributed by atoms with Crippen LogP contribution in [0.3, 0.4) is 0 Å². The van der Waals surface area contributed by atoms with E-state index in [0.717, 1.165) is 26.2 Å². The summed E-state index contributed by atoms with van der Waals surface area (Å²) >= 11 is 2.03. The highest BCUT2D eigenvalue weighted by Gasteiger charge is 2.24. The van der Waals surface area contributed by atoms with E-state index < -0.39 is 0 Å². The van der Waals surface area contributed by atoms with Crippen LogP contribution in [0.15, 0.2) is 0 Å². The maximum atomic E-state index is 5.50. The smallest absolute Gasteiger partial charge is 0.0600 e. The number of hydrogen-bond donors (Lipinski definition) is 1. The van der Waals surface area contributed by atoms with Crippen molar-refractivity contribution in [3.8, 4) is 0 Å². The number of thioether (sulfide) groups is 1. The molecule has 1 heterocycles. The Hall–Kier alpha value is 0.230. The van der Waals surface area contributed by atoms with Crippen LogP contribution < -0.4 is 5.32 Å². The number of rotatable bonds is 5. The first-order valence-corrected chi connectivity index (χ1v) is 6.30. The molecule has 0 aromatic rings. The molecule has 0 radical (unpaired) electrons. The van der Waals surface area contributed by atoms with Crippen LogP contribution in [-0.4, -0.2) is 62.8 Å². The number of ether oxygens (including phenoxy) is 1. The molecule has 1 aliphatic rings. The summed E-state index contributed by atoms with van der Waals surface area (Å²) in [4.78, 5) is 2.23. The van der Waals surface area contributed by atoms with Crippen molar-refractivity contribution in [3.63, 3.8) is 0 Å². The second kappa shape index (κ2) is 6.67. The molecule has 1 fully saturated rings. The Balaban J connectivity index is 2.19. The lowest BCUT2D eigenvalue weighted by Crippen LogP contribution is -2.43. The van der Waals surface area contributed by atoms with E-state index in [2.05, 4.69) is 31.4 Å². The zero-order valence-electron chi connectivity index (χ0n) is 9.45. The standard InChI is InChI=1S/C10H22N2OS/c1-11-9-4-6-13-8-10(9)14-7-5-12(2)3/h9-11H,4-8H2,1-3H3. The van der Waals surface area contributed by atoms with Gasteiger partial charge in [0.1, 0.15) is 0 Å². The minimum atomic E-state index is 0.633. The van der Waals surface area contributed by atoms with Gasteiger partial charge in [-0.1, -0.05) is 0 Å². The first kappa shape index (κ1) is 12.3. The van der Waals surface area contributed by atoms with Gasteiger partial charge in [0.05, 0.1) is 6.61 Å². The van der Waals surface area contributed by atoms with Crippen molar-refractivity contribution < 1.29 is 4.74 Å². The van der Waals surface area contributed by atoms with Gasteiger partial charge < -0.3 is 15.0 Å². The summed E-state index contributed by atoms with van der Waals surface area (Å²) in [5.74, 6) is 1.19. The summed E-state index contributed by atoms with van der Waals surface area (Å²) in [6.07, 6.45) is 1.15. The SMILES string of the molecule is CNC1CCOCC1SCCN(C)C. The van der Waals surface area contributed by atoms with Crippen LogP contribution in [0.1, 0.15) is 6.42 Å². The molecule has 84 valence electrons. The van der Waals surface area contributed by atoms with Crippen LogP contribution in [-0.2, 0) is 4.74 Å². The molecule has 0 aromatic heterocycles. The van der Waals surface area contributed by atoms with Crippen molar-refractivity contribution in [2.75, 3.05) is 46.7 Å². The zero-order chi connectivity index (χ0) is 10.4. The van der Waals surface area contributed by atoms with E-state index in [1.807, 2.05) is 11.8 Å². The molecule has 0 saturated carbocycles. The third-order valence-corrected chi connectivity index (χ3v) is 3.86. The predicted octanol–water partition coefficient (Wildman–Crippen LogP) is 0.658. The maximum absolute atomic E-state index is 5.50. The van der Waals surface area contributed by atoms with Crippen molar-refractivity contribution in [1.82, 2.24) is 10.2 Å². The monoisotopic (exact) mass is 218 g/mol. The van der Waals surface area contributed by atoms with Crippen LogP contribution in [0.25, 0.3) is 0 Å². The number of nitrogens with one attached hydrogen (secondary N) is 1. The fourth-order valence-corrected chi connectivity index (χ4v) is 3.06. The summed E-state index contributed by atoms with van der Waals surface area (Å²) in [5.41, 5.74) is 0. The minimum Gasteiger partial charge on any atom is -0.380 e. The Morgan fingerprint density at radius 2 is 2.29 bits per heavy atom. The normalized spacial score (nSPS) is 28.3. The van der Waals surface area contributed by atoms with Gasteiger partial charge in [-0.25, -0.2) is 0 Å². The highest BCUT2D eigenvalue weighted by molar-refractivity contribution is 8.00. The van der Waals surface area contributed by atoms with E-state index >= 15 is 0 Å². The zero-order valence-corrected chi connectivity index (χ0v) is 10.3. The quantitative estimate of drug-likeness (QED) is 0.732. The summed E-state index contributed by atoms with van der Waals surface area (Å²) in [6, 6.07) is 0.635. The van der Waals surface area contributed by atoms with Crippen LogP contribution >= 0.6 is 11.8 Å². The Labute approximate surface area is 91.6 Å². The molecule has 3 nitrogen and oxygen atoms in total. The van der Waals surface area contributed by atoms with Crippen LogP contribution in [0.5, 0.6) is 0 Å². The third kappa shape index (κ3) is 4.17. The van der Waals surface area contributed by atoms with Gasteiger partial charge in [-0.2, -0.15) is 11.8 Å². The molecule has 2 atom stereocenters. The topological polar surface area (TPSA) is 24.5 Å². The fraction of sp³-hybridized carbons (Fsp3) is 1.00. The summed E-state index contributed by atoms with van der Waals surface area (Å²) < 4.78 is 5.50. The predicted molar refractivity (Wildman–Crippen MR) is 63.1 cm³/mol. The van der Waals surface area contributed by atoms with E-state index in [1.165, 1.54) is 5.75 Å². The molecule has 0 aromatic carbocycles. The fourth-order valence-electron chi connectivity index (χ4n) is 1.59. The average molecular weight is 218 g/mol. The summed E-state index contributed by atoms with van der Waals surface area (Å²) in [6.45, 7) is 2.97. The Morgan fingerprint density at radius 1 is 1.50 bits per heavy atom. The van der Waals surface area contributed by atoms with E-state index in [9.17, 15) is 0 Å². The molecule has 0 amide bonds. The van der Waals surface area contributed by atoms with Crippen molar-refractivity contribution in [2.24, 2.45) is 0 Å². The highest BCUT2D eigenvalue weighted by Crippen LogP contribution is 2.21. The van der Waals surface area contributed by atoms with E-state index in [-0.39, 0.29) is 0 Å². The van der Waals surface area contributed by atoms with Gasteiger partial charge in [-0.15, -0.1) is 0 Å². The van der Waals surface area contributed by atoms with Gasteiger partial charge in [-0.3, -0.25) is 0 Å². The molecule has 0 bridgehead atoms. The Morgan fingerprint density at radius 3 is 2.93 bits per heavy atom. The molecule has 1 N–H and O–H groups in total. The summed E-state index contributed by atoms with van der Waals surface area (Å²) in [7, 11) is 6.29. The van der Waals surface area contributed by atoms with Gasteiger partial charge in [0.15, 0.2) is 0 Å². The van der Waals surface area contributed by atoms with Gasteiger partial charge in [0.2, 0.25) is 0 Å². The molecular weight excluding hydrogens is 196 g/mol. The van der Waals surface area contributed by atoms with Crippen molar-refractivity contribution in [3.05, 3.63) is 0 Å². The molecule has 1 aliphatic heterocycles. The lowest BCUT2D eigenvalue weighted by atomic mass is 10.1. The lowest BCUT2D eigenvalue weighted by Gasteiger charge is -2.31. The number of hydrogen-bond acceptors (Lipinski definition) is 4. The van der Waals surface area contributed by atoms with Crippen molar-refractivity contribution in [2.45, 2.75) is 17.7 Å². The van der Waals surface area contributed by atoms with Crippen LogP contribution in [0, 0.1) is 0 Å². The lowest BCUT2D eigenvalue weighted by molar-refractivity contribution is 0.0850. The van der Waals surface area contributed by atoms with Crippen molar-refractivity contribution in [1.29, 1.82) is 0 Å². The first-order chi connectivity index (χ1) is 6.74. The third-order valence-electron chi connectivity index (χ3n) is 2.55. The van der Waals surface area contributed by atoms with E-state index in [0.29, 0.717) is 11.3 Å². The first-order valence-electron chi connectivity index (χ1n) is 5.25. The highest BCUT2D eigenvalue weighted by atomic mass is 32.2. The second-order valence-corrected chi connectivity index (χ2v) is 5.32. The Kier molecular flexibility index (Phi) is 5.86. The largest absolute Gasteiger partial charge is 0.380 e. The average Bonchev–Trinajstić information content (AvgIpc) is 2.18. The number of nitrogens with zero attached hydrogens (tertiary/aromatic N) is 1. The van der Waals surface area contributed by atoms with Gasteiger partial charge in [-0.05, 0) is 27.6 Å². The van der Waals surface area contributed by atoms with Crippen LogP contribution in [0.4, 0.5) is 0 Å². The van der Waals surface area contributed by atoms with Crippen LogP contribution in [0.2, 0.25) is 0 Å². The van der Waals surface area contributed by atoms with Gasteiger partial charge in [0, 0.05) is 30.2 Å². The summed E-state index contributed by atoms with van der Waals surface area (Å²) in [5, 5.41) is 4.01. The molecule has 1 rings (SSSR count). The Bertz CT molecular complexity index is 155. The molecule has 1 saturated heterocycles. The van der Waals surface area contributed by atoms with E-state index in [1.54, 1.807) is 0 Å². The molecule has 14 heavy (non-hydrogen) atoms. The second-order valence-electron chi connectivity index (χ2n) is 3.97. The van der Waals surface area contributed by atoms with Gasteiger partial charge >= 0.3 is 0 Å².